The van der Waals surface area contributed by atoms with E-state index in [0.29, 0.717) is 24.6 Å². The van der Waals surface area contributed by atoms with Crippen LogP contribution in [0.5, 0.6) is 0 Å². The van der Waals surface area contributed by atoms with Gasteiger partial charge in [-0.1, -0.05) is 48.5 Å². The highest BCUT2D eigenvalue weighted by molar-refractivity contribution is 7.89. The number of hydrogen-bond donors (Lipinski definition) is 0. The Labute approximate surface area is 197 Å². The minimum Gasteiger partial charge on any atom is -0.448 e. The SMILES string of the molecule is CN(C[C@@H](CCN1CCC(N2CCOC2=O)CC1)c1ccccc1)S(=O)(=O)c1ccccc1. The number of likely N-dealkylation sites (tertiary alicyclic amines) is 1. The molecule has 2 aliphatic heterocycles. The fourth-order valence-corrected chi connectivity index (χ4v) is 6.04. The van der Waals surface area contributed by atoms with Gasteiger partial charge in [-0.2, -0.15) is 0 Å². The largest absolute Gasteiger partial charge is 0.448 e. The number of likely N-dealkylation sites (N-methyl/N-ethyl adjacent to an activating group) is 1. The van der Waals surface area contributed by atoms with Gasteiger partial charge in [-0.05, 0) is 49.4 Å². The van der Waals surface area contributed by atoms with Crippen LogP contribution in [0.15, 0.2) is 65.6 Å². The van der Waals surface area contributed by atoms with Crippen molar-refractivity contribution >= 4 is 16.1 Å². The van der Waals surface area contributed by atoms with Crippen molar-refractivity contribution in [3.63, 3.8) is 0 Å². The topological polar surface area (TPSA) is 70.2 Å². The Hall–Kier alpha value is -2.42. The fraction of sp³-hybridized carbons (Fsp3) is 0.480. The van der Waals surface area contributed by atoms with Crippen LogP contribution in [-0.4, -0.2) is 81.0 Å². The summed E-state index contributed by atoms with van der Waals surface area (Å²) in [5, 5.41) is 0. The van der Waals surface area contributed by atoms with E-state index in [1.807, 2.05) is 29.2 Å². The number of cyclic esters (lactones) is 1. The van der Waals surface area contributed by atoms with Crippen molar-refractivity contribution in [3.05, 3.63) is 66.2 Å². The highest BCUT2D eigenvalue weighted by Gasteiger charge is 2.32. The number of sulfonamides is 1. The number of ether oxygens (including phenoxy) is 1. The van der Waals surface area contributed by atoms with Crippen LogP contribution in [0.1, 0.15) is 30.7 Å². The van der Waals surface area contributed by atoms with Crippen LogP contribution in [0, 0.1) is 0 Å². The molecule has 0 spiro atoms. The maximum absolute atomic E-state index is 13.1. The molecule has 2 fully saturated rings. The molecule has 0 bridgehead atoms. The first-order valence-electron chi connectivity index (χ1n) is 11.7. The van der Waals surface area contributed by atoms with Crippen LogP contribution >= 0.6 is 0 Å². The summed E-state index contributed by atoms with van der Waals surface area (Å²) in [6.45, 7) is 4.40. The number of piperidine rings is 1. The molecule has 178 valence electrons. The molecule has 8 heteroatoms. The first-order chi connectivity index (χ1) is 15.9. The van der Waals surface area contributed by atoms with Gasteiger partial charge in [-0.25, -0.2) is 17.5 Å². The maximum atomic E-state index is 13.1. The molecule has 0 saturated carbocycles. The zero-order chi connectivity index (χ0) is 23.3. The van der Waals surface area contributed by atoms with E-state index in [-0.39, 0.29) is 18.1 Å². The van der Waals surface area contributed by atoms with Gasteiger partial charge in [0.2, 0.25) is 10.0 Å². The van der Waals surface area contributed by atoms with Crippen molar-refractivity contribution in [1.29, 1.82) is 0 Å². The van der Waals surface area contributed by atoms with E-state index in [1.165, 1.54) is 4.31 Å². The Morgan fingerprint density at radius 3 is 2.24 bits per heavy atom. The van der Waals surface area contributed by atoms with Crippen molar-refractivity contribution in [2.45, 2.75) is 36.1 Å². The van der Waals surface area contributed by atoms with Crippen molar-refractivity contribution in [2.75, 3.05) is 46.4 Å². The van der Waals surface area contributed by atoms with Crippen LogP contribution in [0.25, 0.3) is 0 Å². The molecule has 0 radical (unpaired) electrons. The summed E-state index contributed by atoms with van der Waals surface area (Å²) in [4.78, 5) is 16.5. The number of hydrogen-bond acceptors (Lipinski definition) is 5. The lowest BCUT2D eigenvalue weighted by atomic mass is 9.94. The van der Waals surface area contributed by atoms with E-state index < -0.39 is 10.0 Å². The highest BCUT2D eigenvalue weighted by atomic mass is 32.2. The number of nitrogens with zero attached hydrogens (tertiary/aromatic N) is 3. The van der Waals surface area contributed by atoms with Crippen LogP contribution < -0.4 is 0 Å². The molecule has 0 N–H and O–H groups in total. The molecule has 33 heavy (non-hydrogen) atoms. The molecule has 2 aromatic rings. The van der Waals surface area contributed by atoms with Gasteiger partial charge in [0, 0.05) is 32.7 Å². The molecule has 4 rings (SSSR count). The van der Waals surface area contributed by atoms with E-state index in [9.17, 15) is 13.2 Å². The predicted octanol–water partition coefficient (Wildman–Crippen LogP) is 3.40. The van der Waals surface area contributed by atoms with Gasteiger partial charge >= 0.3 is 6.09 Å². The number of rotatable bonds is 9. The van der Waals surface area contributed by atoms with Crippen LogP contribution in [0.3, 0.4) is 0 Å². The van der Waals surface area contributed by atoms with Crippen molar-refractivity contribution in [2.24, 2.45) is 0 Å². The molecule has 2 aromatic carbocycles. The summed E-state index contributed by atoms with van der Waals surface area (Å²) in [5.41, 5.74) is 1.15. The lowest BCUT2D eigenvalue weighted by Crippen LogP contribution is -2.45. The second kappa shape index (κ2) is 10.7. The first-order valence-corrected chi connectivity index (χ1v) is 13.1. The lowest BCUT2D eigenvalue weighted by molar-refractivity contribution is 0.116. The Morgan fingerprint density at radius 1 is 1.00 bits per heavy atom. The maximum Gasteiger partial charge on any atom is 0.410 e. The second-order valence-electron chi connectivity index (χ2n) is 8.88. The highest BCUT2D eigenvalue weighted by Crippen LogP contribution is 2.26. The summed E-state index contributed by atoms with van der Waals surface area (Å²) >= 11 is 0. The Balaban J connectivity index is 1.37. The average Bonchev–Trinajstić information content (AvgIpc) is 3.28. The van der Waals surface area contributed by atoms with Crippen molar-refractivity contribution < 1.29 is 17.9 Å². The number of benzene rings is 2. The molecule has 0 aromatic heterocycles. The normalized spacial score (nSPS) is 19.1. The quantitative estimate of drug-likeness (QED) is 0.561. The van der Waals surface area contributed by atoms with Gasteiger partial charge < -0.3 is 14.5 Å². The molecule has 2 saturated heterocycles. The van der Waals surface area contributed by atoms with E-state index in [1.54, 1.807) is 31.3 Å². The smallest absolute Gasteiger partial charge is 0.410 e. The third kappa shape index (κ3) is 5.75. The molecule has 0 unspecified atom stereocenters. The van der Waals surface area contributed by atoms with Crippen molar-refractivity contribution in [3.8, 4) is 0 Å². The molecular formula is C25H33N3O4S. The van der Waals surface area contributed by atoms with Crippen LogP contribution in [0.4, 0.5) is 4.79 Å². The third-order valence-corrected chi connectivity index (χ3v) is 8.62. The van der Waals surface area contributed by atoms with E-state index in [0.717, 1.165) is 44.5 Å². The van der Waals surface area contributed by atoms with Crippen LogP contribution in [-0.2, 0) is 14.8 Å². The van der Waals surface area contributed by atoms with Crippen LogP contribution in [0.2, 0.25) is 0 Å². The van der Waals surface area contributed by atoms with Gasteiger partial charge in [0.15, 0.2) is 0 Å². The zero-order valence-electron chi connectivity index (χ0n) is 19.2. The summed E-state index contributed by atoms with van der Waals surface area (Å²) in [5.74, 6) is 0.0981. The summed E-state index contributed by atoms with van der Waals surface area (Å²) in [6.07, 6.45) is 2.59. The zero-order valence-corrected chi connectivity index (χ0v) is 20.0. The summed E-state index contributed by atoms with van der Waals surface area (Å²) < 4.78 is 32.7. The third-order valence-electron chi connectivity index (χ3n) is 6.78. The molecular weight excluding hydrogens is 438 g/mol. The average molecular weight is 472 g/mol. The van der Waals surface area contributed by atoms with Gasteiger partial charge in [-0.3, -0.25) is 0 Å². The van der Waals surface area contributed by atoms with Crippen molar-refractivity contribution in [1.82, 2.24) is 14.1 Å². The lowest BCUT2D eigenvalue weighted by Gasteiger charge is -2.36. The van der Waals surface area contributed by atoms with Gasteiger partial charge in [0.05, 0.1) is 11.4 Å². The van der Waals surface area contributed by atoms with Gasteiger partial charge in [-0.15, -0.1) is 0 Å². The molecule has 2 heterocycles. The summed E-state index contributed by atoms with van der Waals surface area (Å²) in [7, 11) is -1.87. The molecule has 7 nitrogen and oxygen atoms in total. The minimum atomic E-state index is -3.54. The van der Waals surface area contributed by atoms with Gasteiger partial charge in [0.1, 0.15) is 6.61 Å². The molecule has 0 aliphatic carbocycles. The fourth-order valence-electron chi connectivity index (χ4n) is 4.80. The van der Waals surface area contributed by atoms with E-state index in [4.69, 9.17) is 4.74 Å². The Bertz CT molecular complexity index is 1010. The minimum absolute atomic E-state index is 0.0981. The number of carbonyl (C=O) groups excluding carboxylic acids is 1. The Kier molecular flexibility index (Phi) is 7.67. The Morgan fingerprint density at radius 2 is 1.64 bits per heavy atom. The number of amides is 1. The monoisotopic (exact) mass is 471 g/mol. The first kappa shape index (κ1) is 23.7. The second-order valence-corrected chi connectivity index (χ2v) is 10.9. The molecule has 2 aliphatic rings. The molecule has 1 amide bonds. The standard InChI is InChI=1S/C25H33N3O4S/c1-26(33(30,31)24-10-6-3-7-11-24)20-22(21-8-4-2-5-9-21)12-15-27-16-13-23(14-17-27)28-18-19-32-25(28)29/h2-11,22-23H,12-20H2,1H3/t22-/m1/s1. The predicted molar refractivity (Wildman–Crippen MR) is 128 cm³/mol. The van der Waals surface area contributed by atoms with E-state index in [2.05, 4.69) is 17.0 Å². The number of carbonyl (C=O) groups is 1. The van der Waals surface area contributed by atoms with E-state index >= 15 is 0 Å². The summed E-state index contributed by atoms with van der Waals surface area (Å²) in [6, 6.07) is 19.0. The van der Waals surface area contributed by atoms with Gasteiger partial charge in [0.25, 0.3) is 0 Å². The molecule has 1 atom stereocenters.